The van der Waals surface area contributed by atoms with Gasteiger partial charge in [-0.05, 0) is 57.3 Å². The van der Waals surface area contributed by atoms with Crippen LogP contribution in [-0.4, -0.2) is 55.0 Å². The zero-order valence-electron chi connectivity index (χ0n) is 16.3. The summed E-state index contributed by atoms with van der Waals surface area (Å²) in [6.45, 7) is 5.40. The minimum atomic E-state index is 0.251. The molecule has 1 amide bonds. The van der Waals surface area contributed by atoms with Crippen LogP contribution in [-0.2, 0) is 11.3 Å². The lowest BCUT2D eigenvalue weighted by molar-refractivity contribution is -0.122. The average Bonchev–Trinajstić information content (AvgIpc) is 3.15. The summed E-state index contributed by atoms with van der Waals surface area (Å²) in [6, 6.07) is 11.2. The number of hydrogen-bond acceptors (Lipinski definition) is 3. The maximum absolute atomic E-state index is 12.1. The first-order chi connectivity index (χ1) is 12.7. The van der Waals surface area contributed by atoms with Crippen LogP contribution in [0.4, 0.5) is 0 Å². The van der Waals surface area contributed by atoms with Gasteiger partial charge < -0.3 is 15.1 Å². The predicted molar refractivity (Wildman–Crippen MR) is 107 cm³/mol. The second-order valence-corrected chi connectivity index (χ2v) is 8.27. The number of rotatable bonds is 8. The fourth-order valence-corrected chi connectivity index (χ4v) is 4.42. The van der Waals surface area contributed by atoms with Crippen molar-refractivity contribution in [2.45, 2.75) is 57.5 Å². The molecule has 144 valence electrons. The van der Waals surface area contributed by atoms with Crippen molar-refractivity contribution in [1.82, 2.24) is 15.1 Å². The van der Waals surface area contributed by atoms with E-state index in [1.807, 2.05) is 0 Å². The third kappa shape index (κ3) is 6.40. The number of hydrogen-bond donors (Lipinski definition) is 1. The number of nitrogens with zero attached hydrogens (tertiary/aromatic N) is 2. The van der Waals surface area contributed by atoms with Gasteiger partial charge >= 0.3 is 0 Å². The number of carbonyl (C=O) groups is 1. The summed E-state index contributed by atoms with van der Waals surface area (Å²) in [5.41, 5.74) is 1.39. The zero-order valence-corrected chi connectivity index (χ0v) is 16.3. The molecule has 4 nitrogen and oxygen atoms in total. The molecule has 0 unspecified atom stereocenters. The first-order valence-electron chi connectivity index (χ1n) is 10.4. The van der Waals surface area contributed by atoms with E-state index in [0.717, 1.165) is 32.1 Å². The molecule has 1 saturated carbocycles. The Morgan fingerprint density at radius 1 is 1.12 bits per heavy atom. The van der Waals surface area contributed by atoms with Gasteiger partial charge in [0.1, 0.15) is 0 Å². The number of nitrogens with one attached hydrogen (secondary N) is 1. The molecule has 1 aliphatic heterocycles. The number of likely N-dealkylation sites (tertiary alicyclic amines) is 1. The molecule has 2 aliphatic rings. The lowest BCUT2D eigenvalue weighted by atomic mass is 9.96. The zero-order chi connectivity index (χ0) is 18.2. The van der Waals surface area contributed by atoms with Crippen molar-refractivity contribution in [2.75, 3.05) is 33.2 Å². The van der Waals surface area contributed by atoms with Crippen LogP contribution in [0.25, 0.3) is 0 Å². The van der Waals surface area contributed by atoms with Crippen LogP contribution in [0.3, 0.4) is 0 Å². The minimum absolute atomic E-state index is 0.251. The molecule has 0 atom stereocenters. The smallest absolute Gasteiger partial charge is 0.221 e. The highest BCUT2D eigenvalue weighted by Gasteiger charge is 2.22. The molecule has 0 spiro atoms. The molecule has 26 heavy (non-hydrogen) atoms. The van der Waals surface area contributed by atoms with Gasteiger partial charge in [-0.15, -0.1) is 0 Å². The second-order valence-electron chi connectivity index (χ2n) is 8.27. The SMILES string of the molecule is CN(Cc1ccccc1)CC1CCN(CCC(=O)NC2CCCC2)CC1. The van der Waals surface area contributed by atoms with Gasteiger partial charge in [-0.2, -0.15) is 0 Å². The molecule has 0 aromatic heterocycles. The molecule has 1 aromatic rings. The van der Waals surface area contributed by atoms with Crippen LogP contribution >= 0.6 is 0 Å². The standard InChI is InChI=1S/C22H35N3O/c1-24(17-19-7-3-2-4-8-19)18-20-11-14-25(15-12-20)16-13-22(26)23-21-9-5-6-10-21/h2-4,7-8,20-21H,5-6,9-18H2,1H3,(H,23,26). The summed E-state index contributed by atoms with van der Waals surface area (Å²) in [5, 5.41) is 3.20. The van der Waals surface area contributed by atoms with Crippen molar-refractivity contribution >= 4 is 5.91 Å². The topological polar surface area (TPSA) is 35.6 Å². The van der Waals surface area contributed by atoms with Crippen LogP contribution in [0.15, 0.2) is 30.3 Å². The van der Waals surface area contributed by atoms with Crippen LogP contribution in [0.5, 0.6) is 0 Å². The third-order valence-electron chi connectivity index (χ3n) is 5.95. The number of carbonyl (C=O) groups excluding carboxylic acids is 1. The first kappa shape index (κ1) is 19.4. The molecule has 1 N–H and O–H groups in total. The molecular formula is C22H35N3O. The normalized spacial score (nSPS) is 19.9. The summed E-state index contributed by atoms with van der Waals surface area (Å²) in [6.07, 6.45) is 8.07. The lowest BCUT2D eigenvalue weighted by Crippen LogP contribution is -2.40. The van der Waals surface area contributed by atoms with E-state index >= 15 is 0 Å². The minimum Gasteiger partial charge on any atom is -0.353 e. The highest BCUT2D eigenvalue weighted by molar-refractivity contribution is 5.76. The summed E-state index contributed by atoms with van der Waals surface area (Å²) in [5.74, 6) is 1.04. The number of piperidine rings is 1. The largest absolute Gasteiger partial charge is 0.353 e. The van der Waals surface area contributed by atoms with Gasteiger partial charge in [0.2, 0.25) is 5.91 Å². The predicted octanol–water partition coefficient (Wildman–Crippen LogP) is 3.28. The monoisotopic (exact) mass is 357 g/mol. The van der Waals surface area contributed by atoms with E-state index in [1.165, 1.54) is 50.6 Å². The van der Waals surface area contributed by atoms with Gasteiger partial charge in [0.25, 0.3) is 0 Å². The fourth-order valence-electron chi connectivity index (χ4n) is 4.42. The van der Waals surface area contributed by atoms with Crippen LogP contribution in [0.1, 0.15) is 50.5 Å². The van der Waals surface area contributed by atoms with E-state index < -0.39 is 0 Å². The van der Waals surface area contributed by atoms with Crippen LogP contribution < -0.4 is 5.32 Å². The van der Waals surface area contributed by atoms with Gasteiger partial charge in [0, 0.05) is 32.1 Å². The highest BCUT2D eigenvalue weighted by atomic mass is 16.1. The van der Waals surface area contributed by atoms with Gasteiger partial charge in [0.05, 0.1) is 0 Å². The van der Waals surface area contributed by atoms with Crippen molar-refractivity contribution in [3.8, 4) is 0 Å². The summed E-state index contributed by atoms with van der Waals surface area (Å²) in [4.78, 5) is 17.0. The lowest BCUT2D eigenvalue weighted by Gasteiger charge is -2.33. The summed E-state index contributed by atoms with van der Waals surface area (Å²) in [7, 11) is 2.23. The maximum Gasteiger partial charge on any atom is 0.221 e. The number of benzene rings is 1. The van der Waals surface area contributed by atoms with E-state index in [4.69, 9.17) is 0 Å². The van der Waals surface area contributed by atoms with Gasteiger partial charge in [-0.25, -0.2) is 0 Å². The van der Waals surface area contributed by atoms with E-state index in [9.17, 15) is 4.79 Å². The molecule has 1 saturated heterocycles. The molecule has 0 bridgehead atoms. The van der Waals surface area contributed by atoms with Crippen molar-refractivity contribution in [2.24, 2.45) is 5.92 Å². The van der Waals surface area contributed by atoms with E-state index in [-0.39, 0.29) is 5.91 Å². The number of amides is 1. The Morgan fingerprint density at radius 3 is 2.50 bits per heavy atom. The Balaban J connectivity index is 1.29. The second kappa shape index (κ2) is 10.1. The summed E-state index contributed by atoms with van der Waals surface area (Å²) >= 11 is 0. The Kier molecular flexibility index (Phi) is 7.51. The summed E-state index contributed by atoms with van der Waals surface area (Å²) < 4.78 is 0. The van der Waals surface area contributed by atoms with E-state index in [0.29, 0.717) is 12.5 Å². The van der Waals surface area contributed by atoms with Gasteiger partial charge in [0.15, 0.2) is 0 Å². The van der Waals surface area contributed by atoms with Crippen LogP contribution in [0, 0.1) is 5.92 Å². The van der Waals surface area contributed by atoms with E-state index in [2.05, 4.69) is 52.5 Å². The van der Waals surface area contributed by atoms with Crippen molar-refractivity contribution < 1.29 is 4.79 Å². The third-order valence-corrected chi connectivity index (χ3v) is 5.95. The Morgan fingerprint density at radius 2 is 1.81 bits per heavy atom. The van der Waals surface area contributed by atoms with Gasteiger partial charge in [-0.3, -0.25) is 4.79 Å². The quantitative estimate of drug-likeness (QED) is 0.775. The van der Waals surface area contributed by atoms with Gasteiger partial charge in [-0.1, -0.05) is 43.2 Å². The fraction of sp³-hybridized carbons (Fsp3) is 0.682. The molecule has 3 rings (SSSR count). The highest BCUT2D eigenvalue weighted by Crippen LogP contribution is 2.20. The molecule has 2 fully saturated rings. The Hall–Kier alpha value is -1.39. The average molecular weight is 358 g/mol. The molecular weight excluding hydrogens is 322 g/mol. The Bertz CT molecular complexity index is 534. The van der Waals surface area contributed by atoms with Crippen LogP contribution in [0.2, 0.25) is 0 Å². The molecule has 4 heteroatoms. The van der Waals surface area contributed by atoms with Crippen molar-refractivity contribution in [3.63, 3.8) is 0 Å². The van der Waals surface area contributed by atoms with E-state index in [1.54, 1.807) is 0 Å². The molecule has 1 aliphatic carbocycles. The molecule has 1 heterocycles. The first-order valence-corrected chi connectivity index (χ1v) is 10.4. The Labute approximate surface area is 158 Å². The molecule has 1 aromatic carbocycles. The van der Waals surface area contributed by atoms with Crippen molar-refractivity contribution in [3.05, 3.63) is 35.9 Å². The maximum atomic E-state index is 12.1. The van der Waals surface area contributed by atoms with Crippen molar-refractivity contribution in [1.29, 1.82) is 0 Å². The molecule has 0 radical (unpaired) electrons.